The fourth-order valence-corrected chi connectivity index (χ4v) is 2.87. The smallest absolute Gasteiger partial charge is 0.254 e. The fourth-order valence-electron chi connectivity index (χ4n) is 2.64. The van der Waals surface area contributed by atoms with Crippen LogP contribution in [0.15, 0.2) is 59.4 Å². The third-order valence-corrected chi connectivity index (χ3v) is 4.31. The van der Waals surface area contributed by atoms with E-state index < -0.39 is 5.82 Å². The first kappa shape index (κ1) is 18.8. The molecule has 0 unspecified atom stereocenters. The van der Waals surface area contributed by atoms with Gasteiger partial charge in [0.15, 0.2) is 0 Å². The van der Waals surface area contributed by atoms with Crippen molar-refractivity contribution in [3.8, 4) is 11.4 Å². The number of rotatable bonds is 5. The molecule has 1 N–H and O–H groups in total. The van der Waals surface area contributed by atoms with Crippen LogP contribution < -0.4 is 10.9 Å². The molecule has 0 bridgehead atoms. The van der Waals surface area contributed by atoms with Crippen LogP contribution in [0.5, 0.6) is 0 Å². The molecule has 0 aliphatic heterocycles. The van der Waals surface area contributed by atoms with E-state index >= 15 is 0 Å². The van der Waals surface area contributed by atoms with Crippen LogP contribution in [0.25, 0.3) is 11.4 Å². The van der Waals surface area contributed by atoms with Gasteiger partial charge in [0.25, 0.3) is 5.56 Å². The molecule has 138 valence electrons. The summed E-state index contributed by atoms with van der Waals surface area (Å²) >= 11 is 5.96. The molecule has 7 heteroatoms. The summed E-state index contributed by atoms with van der Waals surface area (Å²) in [5.41, 5.74) is 1.60. The van der Waals surface area contributed by atoms with Crippen LogP contribution in [-0.2, 0) is 17.9 Å². The van der Waals surface area contributed by atoms with E-state index in [1.165, 1.54) is 28.8 Å². The van der Waals surface area contributed by atoms with Crippen molar-refractivity contribution >= 4 is 17.5 Å². The largest absolute Gasteiger partial charge is 0.350 e. The van der Waals surface area contributed by atoms with Crippen molar-refractivity contribution in [1.82, 2.24) is 14.9 Å². The summed E-state index contributed by atoms with van der Waals surface area (Å²) in [6.45, 7) is 1.68. The van der Waals surface area contributed by atoms with Crippen molar-refractivity contribution in [1.29, 1.82) is 0 Å². The average Bonchev–Trinajstić information content (AvgIpc) is 2.63. The summed E-state index contributed by atoms with van der Waals surface area (Å²) < 4.78 is 14.4. The molecular formula is C20H17ClFN3O2. The van der Waals surface area contributed by atoms with Gasteiger partial charge in [0.2, 0.25) is 5.91 Å². The molecule has 0 saturated heterocycles. The van der Waals surface area contributed by atoms with E-state index in [1.807, 2.05) is 30.3 Å². The Morgan fingerprint density at radius 2 is 1.93 bits per heavy atom. The Balaban J connectivity index is 1.81. The summed E-state index contributed by atoms with van der Waals surface area (Å²) in [4.78, 5) is 29.2. The van der Waals surface area contributed by atoms with Crippen molar-refractivity contribution in [2.45, 2.75) is 20.0 Å². The first-order valence-corrected chi connectivity index (χ1v) is 8.66. The van der Waals surface area contributed by atoms with Gasteiger partial charge in [0, 0.05) is 28.9 Å². The van der Waals surface area contributed by atoms with E-state index in [4.69, 9.17) is 11.6 Å². The number of aryl methyl sites for hydroxylation is 1. The molecule has 0 atom stereocenters. The number of amides is 1. The van der Waals surface area contributed by atoms with Gasteiger partial charge in [0.05, 0.1) is 0 Å². The fraction of sp³-hybridized carbons (Fsp3) is 0.150. The Bertz CT molecular complexity index is 1040. The number of aromatic nitrogens is 2. The van der Waals surface area contributed by atoms with Crippen molar-refractivity contribution in [3.05, 3.63) is 87.0 Å². The van der Waals surface area contributed by atoms with Gasteiger partial charge in [-0.25, -0.2) is 9.37 Å². The summed E-state index contributed by atoms with van der Waals surface area (Å²) in [6.07, 6.45) is 0. The van der Waals surface area contributed by atoms with Gasteiger partial charge in [-0.2, -0.15) is 0 Å². The third kappa shape index (κ3) is 4.60. The number of nitrogens with one attached hydrogen (secondary N) is 1. The zero-order valence-corrected chi connectivity index (χ0v) is 15.3. The molecule has 2 aromatic carbocycles. The lowest BCUT2D eigenvalue weighted by Gasteiger charge is -2.13. The van der Waals surface area contributed by atoms with Crippen molar-refractivity contribution in [2.75, 3.05) is 0 Å². The lowest BCUT2D eigenvalue weighted by molar-refractivity contribution is -0.121. The minimum Gasteiger partial charge on any atom is -0.350 e. The average molecular weight is 386 g/mol. The van der Waals surface area contributed by atoms with E-state index in [1.54, 1.807) is 6.92 Å². The van der Waals surface area contributed by atoms with Crippen molar-refractivity contribution in [2.24, 2.45) is 0 Å². The number of carbonyl (C=O) groups excluding carboxylic acids is 1. The van der Waals surface area contributed by atoms with Gasteiger partial charge in [-0.1, -0.05) is 48.0 Å². The zero-order chi connectivity index (χ0) is 19.4. The third-order valence-electron chi connectivity index (χ3n) is 3.96. The molecule has 27 heavy (non-hydrogen) atoms. The second kappa shape index (κ2) is 8.14. The van der Waals surface area contributed by atoms with Crippen molar-refractivity contribution in [3.63, 3.8) is 0 Å². The maximum atomic E-state index is 13.1. The maximum absolute atomic E-state index is 13.1. The van der Waals surface area contributed by atoms with Crippen LogP contribution >= 0.6 is 11.6 Å². The van der Waals surface area contributed by atoms with Gasteiger partial charge < -0.3 is 5.32 Å². The summed E-state index contributed by atoms with van der Waals surface area (Å²) in [7, 11) is 0. The van der Waals surface area contributed by atoms with E-state index in [0.717, 1.165) is 5.56 Å². The Hall–Kier alpha value is -2.99. The standard InChI is InChI=1S/C20H17ClFN3O2/c1-13-9-19(27)25(20(24-13)14-5-3-2-4-6-14)12-18(26)23-11-15-7-8-16(22)10-17(15)21/h2-10H,11-12H2,1H3,(H,23,26). The second-order valence-corrected chi connectivity index (χ2v) is 6.43. The number of halogens is 2. The molecule has 1 heterocycles. The summed E-state index contributed by atoms with van der Waals surface area (Å²) in [5.74, 6) is -0.393. The number of hydrogen-bond donors (Lipinski definition) is 1. The lowest BCUT2D eigenvalue weighted by Crippen LogP contribution is -2.33. The Labute approximate surface area is 160 Å². The molecule has 0 fully saturated rings. The normalized spacial score (nSPS) is 10.6. The van der Waals surface area contributed by atoms with Crippen LogP contribution in [0.3, 0.4) is 0 Å². The lowest BCUT2D eigenvalue weighted by atomic mass is 10.2. The van der Waals surface area contributed by atoms with Crippen LogP contribution in [0.2, 0.25) is 5.02 Å². The Kier molecular flexibility index (Phi) is 5.66. The predicted molar refractivity (Wildman–Crippen MR) is 102 cm³/mol. The SMILES string of the molecule is Cc1cc(=O)n(CC(=O)NCc2ccc(F)cc2Cl)c(-c2ccccc2)n1. The van der Waals surface area contributed by atoms with Crippen LogP contribution in [0, 0.1) is 12.7 Å². The number of carbonyl (C=O) groups is 1. The van der Waals surface area contributed by atoms with E-state index in [2.05, 4.69) is 10.3 Å². The molecule has 0 aliphatic rings. The van der Waals surface area contributed by atoms with Gasteiger partial charge in [0.1, 0.15) is 18.2 Å². The molecule has 0 aliphatic carbocycles. The highest BCUT2D eigenvalue weighted by Gasteiger charge is 2.13. The molecule has 0 saturated carbocycles. The molecule has 0 spiro atoms. The first-order valence-electron chi connectivity index (χ1n) is 8.28. The quantitative estimate of drug-likeness (QED) is 0.732. The molecule has 1 amide bonds. The van der Waals surface area contributed by atoms with Crippen LogP contribution in [-0.4, -0.2) is 15.5 Å². The van der Waals surface area contributed by atoms with Gasteiger partial charge in [-0.05, 0) is 24.6 Å². The Morgan fingerprint density at radius 3 is 2.63 bits per heavy atom. The number of nitrogens with zero attached hydrogens (tertiary/aromatic N) is 2. The van der Waals surface area contributed by atoms with Crippen LogP contribution in [0.4, 0.5) is 4.39 Å². The number of hydrogen-bond acceptors (Lipinski definition) is 3. The van der Waals surface area contributed by atoms with E-state index in [9.17, 15) is 14.0 Å². The maximum Gasteiger partial charge on any atom is 0.254 e. The second-order valence-electron chi connectivity index (χ2n) is 6.02. The van der Waals surface area contributed by atoms with E-state index in [0.29, 0.717) is 17.1 Å². The summed E-state index contributed by atoms with van der Waals surface area (Å²) in [5, 5.41) is 2.93. The van der Waals surface area contributed by atoms with E-state index in [-0.39, 0.29) is 29.6 Å². The summed E-state index contributed by atoms with van der Waals surface area (Å²) in [6, 6.07) is 14.5. The molecule has 1 aromatic heterocycles. The molecule has 3 rings (SSSR count). The van der Waals surface area contributed by atoms with Gasteiger partial charge in [-0.3, -0.25) is 14.2 Å². The minimum atomic E-state index is -0.445. The highest BCUT2D eigenvalue weighted by Crippen LogP contribution is 2.17. The molecular weight excluding hydrogens is 369 g/mol. The van der Waals surface area contributed by atoms with Crippen molar-refractivity contribution < 1.29 is 9.18 Å². The van der Waals surface area contributed by atoms with Crippen LogP contribution in [0.1, 0.15) is 11.3 Å². The predicted octanol–water partition coefficient (Wildman–Crippen LogP) is 3.33. The first-order chi connectivity index (χ1) is 12.9. The topological polar surface area (TPSA) is 64.0 Å². The molecule has 0 radical (unpaired) electrons. The highest BCUT2D eigenvalue weighted by molar-refractivity contribution is 6.31. The monoisotopic (exact) mass is 385 g/mol. The van der Waals surface area contributed by atoms with Gasteiger partial charge >= 0.3 is 0 Å². The highest BCUT2D eigenvalue weighted by atomic mass is 35.5. The molecule has 3 aromatic rings. The molecule has 5 nitrogen and oxygen atoms in total. The zero-order valence-electron chi connectivity index (χ0n) is 14.6. The Morgan fingerprint density at radius 1 is 1.19 bits per heavy atom. The minimum absolute atomic E-state index is 0.132. The number of benzene rings is 2. The van der Waals surface area contributed by atoms with Gasteiger partial charge in [-0.15, -0.1) is 0 Å².